The van der Waals surface area contributed by atoms with Gasteiger partial charge in [-0.3, -0.25) is 0 Å². The van der Waals surface area contributed by atoms with Gasteiger partial charge in [0.05, 0.1) is 13.2 Å². The molecule has 5 heteroatoms. The lowest BCUT2D eigenvalue weighted by molar-refractivity contribution is 0.106. The minimum absolute atomic E-state index is 0.156. The van der Waals surface area contributed by atoms with Crippen molar-refractivity contribution >= 4 is 0 Å². The summed E-state index contributed by atoms with van der Waals surface area (Å²) in [5, 5.41) is 3.37. The first-order valence-corrected chi connectivity index (χ1v) is 6.36. The molecular weight excluding hydrogens is 242 g/mol. The monoisotopic (exact) mass is 263 g/mol. The van der Waals surface area contributed by atoms with Crippen molar-refractivity contribution in [3.8, 4) is 5.75 Å². The minimum atomic E-state index is 0.156. The van der Waals surface area contributed by atoms with E-state index in [0.29, 0.717) is 26.4 Å². The summed E-state index contributed by atoms with van der Waals surface area (Å²) in [6.45, 7) is 8.31. The second-order valence-corrected chi connectivity index (χ2v) is 5.19. The van der Waals surface area contributed by atoms with Crippen LogP contribution in [0.4, 0.5) is 0 Å². The van der Waals surface area contributed by atoms with Crippen molar-refractivity contribution in [2.24, 2.45) is 5.11 Å². The van der Waals surface area contributed by atoms with Gasteiger partial charge in [0.1, 0.15) is 12.4 Å². The molecule has 0 radical (unpaired) electrons. The molecule has 0 aliphatic carbocycles. The standard InChI is InChI=1S/C14H21N3O2/c1-14(2,3)12-4-6-13(7-5-12)19-11-10-18-9-8-16-17-15/h4-7H,8-11H2,1-3H3. The van der Waals surface area contributed by atoms with E-state index in [0.717, 1.165) is 5.75 Å². The van der Waals surface area contributed by atoms with E-state index in [1.54, 1.807) is 0 Å². The SMILES string of the molecule is CC(C)(C)c1ccc(OCCOCCN=[N+]=[N-])cc1. The topological polar surface area (TPSA) is 67.2 Å². The van der Waals surface area contributed by atoms with Crippen LogP contribution in [0.15, 0.2) is 29.4 Å². The molecule has 0 amide bonds. The van der Waals surface area contributed by atoms with Crippen LogP contribution < -0.4 is 4.74 Å². The van der Waals surface area contributed by atoms with E-state index >= 15 is 0 Å². The first-order valence-electron chi connectivity index (χ1n) is 6.36. The number of hydrogen-bond donors (Lipinski definition) is 0. The molecule has 1 aromatic carbocycles. The summed E-state index contributed by atoms with van der Waals surface area (Å²) in [5.41, 5.74) is 9.51. The van der Waals surface area contributed by atoms with Gasteiger partial charge in [0.2, 0.25) is 0 Å². The Morgan fingerprint density at radius 1 is 1.11 bits per heavy atom. The van der Waals surface area contributed by atoms with Crippen LogP contribution in [-0.4, -0.2) is 26.4 Å². The molecule has 0 atom stereocenters. The van der Waals surface area contributed by atoms with Crippen LogP contribution in [0.2, 0.25) is 0 Å². The zero-order chi connectivity index (χ0) is 14.1. The van der Waals surface area contributed by atoms with E-state index in [1.807, 2.05) is 12.1 Å². The van der Waals surface area contributed by atoms with E-state index in [4.69, 9.17) is 15.0 Å². The van der Waals surface area contributed by atoms with E-state index in [2.05, 4.69) is 42.9 Å². The summed E-state index contributed by atoms with van der Waals surface area (Å²) < 4.78 is 10.8. The van der Waals surface area contributed by atoms with Gasteiger partial charge in [-0.2, -0.15) is 0 Å². The lowest BCUT2D eigenvalue weighted by Crippen LogP contribution is -2.11. The molecule has 104 valence electrons. The van der Waals surface area contributed by atoms with Crippen LogP contribution in [0.25, 0.3) is 10.4 Å². The van der Waals surface area contributed by atoms with Crippen molar-refractivity contribution in [3.05, 3.63) is 40.3 Å². The molecule has 0 aliphatic heterocycles. The van der Waals surface area contributed by atoms with Crippen LogP contribution in [0, 0.1) is 0 Å². The molecule has 0 N–H and O–H groups in total. The van der Waals surface area contributed by atoms with Crippen molar-refractivity contribution in [2.45, 2.75) is 26.2 Å². The van der Waals surface area contributed by atoms with Crippen LogP contribution in [0.5, 0.6) is 5.75 Å². The Morgan fingerprint density at radius 2 is 1.79 bits per heavy atom. The van der Waals surface area contributed by atoms with Gasteiger partial charge >= 0.3 is 0 Å². The highest BCUT2D eigenvalue weighted by Gasteiger charge is 2.12. The first kappa shape index (κ1) is 15.3. The van der Waals surface area contributed by atoms with Crippen molar-refractivity contribution in [2.75, 3.05) is 26.4 Å². The molecule has 0 aromatic heterocycles. The summed E-state index contributed by atoms with van der Waals surface area (Å²) in [5.74, 6) is 0.839. The molecule has 1 aromatic rings. The highest BCUT2D eigenvalue weighted by atomic mass is 16.5. The van der Waals surface area contributed by atoms with Gasteiger partial charge in [-0.1, -0.05) is 38.0 Å². The molecular formula is C14H21N3O2. The van der Waals surface area contributed by atoms with Crippen LogP contribution >= 0.6 is 0 Å². The summed E-state index contributed by atoms with van der Waals surface area (Å²) in [6.07, 6.45) is 0. The quantitative estimate of drug-likeness (QED) is 0.326. The second-order valence-electron chi connectivity index (χ2n) is 5.19. The lowest BCUT2D eigenvalue weighted by atomic mass is 9.87. The number of nitrogens with zero attached hydrogens (tertiary/aromatic N) is 3. The maximum absolute atomic E-state index is 8.08. The predicted octanol–water partition coefficient (Wildman–Crippen LogP) is 3.69. The normalized spacial score (nSPS) is 10.9. The Bertz CT molecular complexity index is 417. The van der Waals surface area contributed by atoms with E-state index < -0.39 is 0 Å². The fourth-order valence-corrected chi connectivity index (χ4v) is 1.52. The Hall–Kier alpha value is -1.71. The fourth-order valence-electron chi connectivity index (χ4n) is 1.52. The van der Waals surface area contributed by atoms with Gasteiger partial charge in [-0.15, -0.1) is 0 Å². The summed E-state index contributed by atoms with van der Waals surface area (Å²) in [7, 11) is 0. The second kappa shape index (κ2) is 7.67. The maximum Gasteiger partial charge on any atom is 0.119 e. The molecule has 0 unspecified atom stereocenters. The van der Waals surface area contributed by atoms with Crippen molar-refractivity contribution in [1.29, 1.82) is 0 Å². The predicted molar refractivity (Wildman–Crippen MR) is 75.5 cm³/mol. The highest BCUT2D eigenvalue weighted by molar-refractivity contribution is 5.31. The number of hydrogen-bond acceptors (Lipinski definition) is 3. The third kappa shape index (κ3) is 6.13. The van der Waals surface area contributed by atoms with Gasteiger partial charge in [-0.25, -0.2) is 0 Å². The van der Waals surface area contributed by atoms with E-state index in [-0.39, 0.29) is 5.41 Å². The van der Waals surface area contributed by atoms with Gasteiger partial charge in [-0.05, 0) is 28.6 Å². The van der Waals surface area contributed by atoms with Crippen LogP contribution in [-0.2, 0) is 10.2 Å². The van der Waals surface area contributed by atoms with Crippen molar-refractivity contribution in [3.63, 3.8) is 0 Å². The van der Waals surface area contributed by atoms with Gasteiger partial charge < -0.3 is 9.47 Å². The molecule has 19 heavy (non-hydrogen) atoms. The Labute approximate surface area is 114 Å². The van der Waals surface area contributed by atoms with Crippen LogP contribution in [0.1, 0.15) is 26.3 Å². The maximum atomic E-state index is 8.08. The third-order valence-electron chi connectivity index (χ3n) is 2.62. The number of rotatable bonds is 7. The first-order chi connectivity index (χ1) is 9.04. The van der Waals surface area contributed by atoms with E-state index in [1.165, 1.54) is 5.56 Å². The van der Waals surface area contributed by atoms with Crippen molar-refractivity contribution in [1.82, 2.24) is 0 Å². The zero-order valence-electron chi connectivity index (χ0n) is 11.8. The third-order valence-corrected chi connectivity index (χ3v) is 2.62. The number of benzene rings is 1. The highest BCUT2D eigenvalue weighted by Crippen LogP contribution is 2.24. The van der Waals surface area contributed by atoms with Gasteiger partial charge in [0, 0.05) is 11.5 Å². The fraction of sp³-hybridized carbons (Fsp3) is 0.571. The molecule has 1 rings (SSSR count). The molecule has 0 aliphatic rings. The van der Waals surface area contributed by atoms with E-state index in [9.17, 15) is 0 Å². The van der Waals surface area contributed by atoms with Crippen LogP contribution in [0.3, 0.4) is 0 Å². The smallest absolute Gasteiger partial charge is 0.119 e. The molecule has 0 spiro atoms. The molecule has 0 bridgehead atoms. The Kier molecular flexibility index (Phi) is 6.19. The summed E-state index contributed by atoms with van der Waals surface area (Å²) in [6, 6.07) is 8.11. The lowest BCUT2D eigenvalue weighted by Gasteiger charge is -2.19. The summed E-state index contributed by atoms with van der Waals surface area (Å²) >= 11 is 0. The van der Waals surface area contributed by atoms with Gasteiger partial charge in [0.25, 0.3) is 0 Å². The molecule has 0 saturated heterocycles. The molecule has 0 saturated carbocycles. The van der Waals surface area contributed by atoms with Gasteiger partial charge in [0.15, 0.2) is 0 Å². The minimum Gasteiger partial charge on any atom is -0.491 e. The summed E-state index contributed by atoms with van der Waals surface area (Å²) in [4.78, 5) is 2.64. The Morgan fingerprint density at radius 3 is 2.37 bits per heavy atom. The Balaban J connectivity index is 2.25. The average Bonchev–Trinajstić information content (AvgIpc) is 2.37. The molecule has 5 nitrogen and oxygen atoms in total. The van der Waals surface area contributed by atoms with Crippen molar-refractivity contribution < 1.29 is 9.47 Å². The molecule has 0 fully saturated rings. The average molecular weight is 263 g/mol. The number of azide groups is 1. The largest absolute Gasteiger partial charge is 0.491 e. The number of ether oxygens (including phenoxy) is 2. The zero-order valence-corrected chi connectivity index (χ0v) is 11.8. The molecule has 0 heterocycles.